The van der Waals surface area contributed by atoms with Gasteiger partial charge in [-0.15, -0.1) is 0 Å². The zero-order valence-corrected chi connectivity index (χ0v) is 13.1. The fourth-order valence-electron chi connectivity index (χ4n) is 2.95. The Balaban J connectivity index is 2.23. The van der Waals surface area contributed by atoms with Gasteiger partial charge in [-0.3, -0.25) is 10.1 Å². The zero-order valence-electron chi connectivity index (χ0n) is 13.1. The maximum absolute atomic E-state index is 13.1. The second-order valence-corrected chi connectivity index (χ2v) is 5.82. The smallest absolute Gasteiger partial charge is 0.241 e. The van der Waals surface area contributed by atoms with Crippen LogP contribution in [0.4, 0.5) is 4.39 Å². The van der Waals surface area contributed by atoms with Gasteiger partial charge in [0.1, 0.15) is 12.0 Å². The molecule has 0 aromatic heterocycles. The largest absolute Gasteiger partial charge is 0.319 e. The van der Waals surface area contributed by atoms with Crippen molar-refractivity contribution in [2.75, 3.05) is 0 Å². The van der Waals surface area contributed by atoms with Crippen LogP contribution < -0.4 is 5.32 Å². The van der Waals surface area contributed by atoms with E-state index in [0.717, 1.165) is 31.2 Å². The normalized spacial score (nSPS) is 23.6. The summed E-state index contributed by atoms with van der Waals surface area (Å²) in [6, 6.07) is 6.49. The lowest BCUT2D eigenvalue weighted by atomic mass is 10.1. The third-order valence-corrected chi connectivity index (χ3v) is 4.23. The van der Waals surface area contributed by atoms with E-state index in [1.165, 1.54) is 12.1 Å². The van der Waals surface area contributed by atoms with Gasteiger partial charge in [-0.05, 0) is 37.5 Å². The molecule has 1 aromatic carbocycles. The summed E-state index contributed by atoms with van der Waals surface area (Å²) in [6.45, 7) is 6.27. The number of carbonyl (C=O) groups is 1. The Morgan fingerprint density at radius 2 is 1.95 bits per heavy atom. The van der Waals surface area contributed by atoms with Gasteiger partial charge in [-0.25, -0.2) is 4.39 Å². The average Bonchev–Trinajstić information content (AvgIpc) is 2.82. The molecule has 0 radical (unpaired) electrons. The van der Waals surface area contributed by atoms with E-state index < -0.39 is 0 Å². The Kier molecular flexibility index (Phi) is 5.34. The van der Waals surface area contributed by atoms with Gasteiger partial charge in [0.25, 0.3) is 0 Å². The molecule has 4 heteroatoms. The lowest BCUT2D eigenvalue weighted by Gasteiger charge is -2.30. The number of halogens is 1. The molecule has 1 aliphatic heterocycles. The van der Waals surface area contributed by atoms with Gasteiger partial charge >= 0.3 is 0 Å². The van der Waals surface area contributed by atoms with Crippen LogP contribution in [0.15, 0.2) is 24.3 Å². The molecule has 0 aliphatic carbocycles. The van der Waals surface area contributed by atoms with Gasteiger partial charge in [-0.2, -0.15) is 0 Å². The molecule has 1 heterocycles. The van der Waals surface area contributed by atoms with E-state index in [9.17, 15) is 9.18 Å². The highest BCUT2D eigenvalue weighted by Gasteiger charge is 2.40. The summed E-state index contributed by atoms with van der Waals surface area (Å²) in [5.41, 5.74) is 0.948. The number of unbranched alkanes of at least 4 members (excludes halogenated alkanes) is 1. The summed E-state index contributed by atoms with van der Waals surface area (Å²) in [5.74, 6) is -0.0869. The Hall–Kier alpha value is -1.42. The number of hydrogen-bond acceptors (Lipinski definition) is 2. The minimum atomic E-state index is -0.249. The zero-order chi connectivity index (χ0) is 15.4. The van der Waals surface area contributed by atoms with Gasteiger partial charge in [0.15, 0.2) is 0 Å². The van der Waals surface area contributed by atoms with Crippen LogP contribution in [0.25, 0.3) is 0 Å². The number of nitrogens with zero attached hydrogens (tertiary/aromatic N) is 1. The van der Waals surface area contributed by atoms with Crippen LogP contribution in [0.5, 0.6) is 0 Å². The Bertz CT molecular complexity index is 474. The lowest BCUT2D eigenvalue weighted by Crippen LogP contribution is -2.38. The molecule has 1 amide bonds. The van der Waals surface area contributed by atoms with E-state index in [1.807, 2.05) is 11.8 Å². The SMILES string of the molecule is CCCCC(C)N1C(=O)C(CC)NC1c1ccc(F)cc1. The summed E-state index contributed by atoms with van der Waals surface area (Å²) in [5, 5.41) is 3.39. The first kappa shape index (κ1) is 16.0. The predicted molar refractivity (Wildman–Crippen MR) is 82.2 cm³/mol. The van der Waals surface area contributed by atoms with Crippen LogP contribution >= 0.6 is 0 Å². The van der Waals surface area contributed by atoms with Crippen LogP contribution in [-0.2, 0) is 4.79 Å². The first-order chi connectivity index (χ1) is 10.1. The molecular formula is C17H25FN2O. The number of rotatable bonds is 6. The first-order valence-electron chi connectivity index (χ1n) is 7.92. The van der Waals surface area contributed by atoms with E-state index in [-0.39, 0.29) is 30.0 Å². The molecule has 3 unspecified atom stereocenters. The topological polar surface area (TPSA) is 32.3 Å². The molecule has 2 rings (SSSR count). The highest BCUT2D eigenvalue weighted by molar-refractivity contribution is 5.84. The predicted octanol–water partition coefficient (Wildman–Crippen LogP) is 3.61. The quantitative estimate of drug-likeness (QED) is 0.868. The van der Waals surface area contributed by atoms with E-state index in [0.29, 0.717) is 0 Å². The molecule has 1 fully saturated rings. The molecular weight excluding hydrogens is 267 g/mol. The molecule has 1 N–H and O–H groups in total. The Morgan fingerprint density at radius 1 is 1.29 bits per heavy atom. The fourth-order valence-corrected chi connectivity index (χ4v) is 2.95. The molecule has 0 bridgehead atoms. The fraction of sp³-hybridized carbons (Fsp3) is 0.588. The van der Waals surface area contributed by atoms with E-state index in [4.69, 9.17) is 0 Å². The molecule has 3 atom stereocenters. The number of amides is 1. The summed E-state index contributed by atoms with van der Waals surface area (Å²) >= 11 is 0. The minimum absolute atomic E-state index is 0.135. The third kappa shape index (κ3) is 3.43. The lowest BCUT2D eigenvalue weighted by molar-refractivity contribution is -0.132. The summed E-state index contributed by atoms with van der Waals surface area (Å²) in [4.78, 5) is 14.5. The maximum Gasteiger partial charge on any atom is 0.241 e. The van der Waals surface area contributed by atoms with E-state index >= 15 is 0 Å². The maximum atomic E-state index is 13.1. The van der Waals surface area contributed by atoms with Crippen LogP contribution in [0.3, 0.4) is 0 Å². The van der Waals surface area contributed by atoms with E-state index in [1.54, 1.807) is 12.1 Å². The highest BCUT2D eigenvalue weighted by atomic mass is 19.1. The Labute approximate surface area is 126 Å². The van der Waals surface area contributed by atoms with Gasteiger partial charge in [-0.1, -0.05) is 38.8 Å². The van der Waals surface area contributed by atoms with Crippen molar-refractivity contribution in [1.29, 1.82) is 0 Å². The second kappa shape index (κ2) is 7.03. The molecule has 1 aliphatic rings. The summed E-state index contributed by atoms with van der Waals surface area (Å²) in [6.07, 6.45) is 3.86. The van der Waals surface area contributed by atoms with Crippen molar-refractivity contribution in [3.8, 4) is 0 Å². The van der Waals surface area contributed by atoms with Crippen molar-refractivity contribution < 1.29 is 9.18 Å². The highest BCUT2D eigenvalue weighted by Crippen LogP contribution is 2.30. The first-order valence-corrected chi connectivity index (χ1v) is 7.92. The van der Waals surface area contributed by atoms with Crippen molar-refractivity contribution in [3.63, 3.8) is 0 Å². The Morgan fingerprint density at radius 3 is 2.52 bits per heavy atom. The number of benzene rings is 1. The van der Waals surface area contributed by atoms with Crippen molar-refractivity contribution in [2.24, 2.45) is 0 Å². The van der Waals surface area contributed by atoms with Crippen molar-refractivity contribution >= 4 is 5.91 Å². The molecule has 116 valence electrons. The number of nitrogens with one attached hydrogen (secondary N) is 1. The average molecular weight is 292 g/mol. The van der Waals surface area contributed by atoms with Crippen LogP contribution in [0.2, 0.25) is 0 Å². The van der Waals surface area contributed by atoms with Crippen LogP contribution in [0.1, 0.15) is 58.2 Å². The number of carbonyl (C=O) groups excluding carboxylic acids is 1. The third-order valence-electron chi connectivity index (χ3n) is 4.23. The standard InChI is InChI=1S/C17H25FN2O/c1-4-6-7-12(3)20-16(19-15(5-2)17(20)21)13-8-10-14(18)11-9-13/h8-12,15-16,19H,4-7H2,1-3H3. The number of hydrogen-bond donors (Lipinski definition) is 1. The van der Waals surface area contributed by atoms with Gasteiger partial charge in [0.2, 0.25) is 5.91 Å². The molecule has 0 saturated carbocycles. The molecule has 21 heavy (non-hydrogen) atoms. The van der Waals surface area contributed by atoms with Crippen LogP contribution in [0, 0.1) is 5.82 Å². The minimum Gasteiger partial charge on any atom is -0.319 e. The van der Waals surface area contributed by atoms with E-state index in [2.05, 4.69) is 19.2 Å². The molecule has 3 nitrogen and oxygen atoms in total. The summed E-state index contributed by atoms with van der Waals surface area (Å²) in [7, 11) is 0. The van der Waals surface area contributed by atoms with Gasteiger partial charge in [0.05, 0.1) is 6.04 Å². The molecule has 1 aromatic rings. The molecule has 0 spiro atoms. The molecule has 1 saturated heterocycles. The monoisotopic (exact) mass is 292 g/mol. The van der Waals surface area contributed by atoms with Crippen molar-refractivity contribution in [1.82, 2.24) is 10.2 Å². The summed E-state index contributed by atoms with van der Waals surface area (Å²) < 4.78 is 13.1. The van der Waals surface area contributed by atoms with Crippen molar-refractivity contribution in [2.45, 2.75) is 64.7 Å². The van der Waals surface area contributed by atoms with Crippen molar-refractivity contribution in [3.05, 3.63) is 35.6 Å². The van der Waals surface area contributed by atoms with Gasteiger partial charge < -0.3 is 4.90 Å². The van der Waals surface area contributed by atoms with Crippen LogP contribution in [-0.4, -0.2) is 22.9 Å². The second-order valence-electron chi connectivity index (χ2n) is 5.82. The van der Waals surface area contributed by atoms with Gasteiger partial charge in [0, 0.05) is 6.04 Å².